The third kappa shape index (κ3) is 4.44. The van der Waals surface area contributed by atoms with Gasteiger partial charge in [0.2, 0.25) is 0 Å². The number of amides is 1. The van der Waals surface area contributed by atoms with Crippen molar-refractivity contribution < 1.29 is 22.7 Å². The standard InChI is InChI=1S/C18H18F3N3O2/c19-18(20,21)14-6-7-16(22-12-14)23-8-10-24(11-9-23)17(25)13-26-15-4-2-1-3-5-15/h1-7,12H,8-11,13H2. The first kappa shape index (κ1) is 18.0. The molecule has 1 aliphatic rings. The van der Waals surface area contributed by atoms with Crippen molar-refractivity contribution in [2.75, 3.05) is 37.7 Å². The van der Waals surface area contributed by atoms with Crippen LogP contribution in [0.2, 0.25) is 0 Å². The van der Waals surface area contributed by atoms with Crippen molar-refractivity contribution >= 4 is 11.7 Å². The molecule has 1 aliphatic heterocycles. The molecule has 0 radical (unpaired) electrons. The molecular weight excluding hydrogens is 347 g/mol. The van der Waals surface area contributed by atoms with Gasteiger partial charge in [-0.15, -0.1) is 0 Å². The molecule has 2 heterocycles. The smallest absolute Gasteiger partial charge is 0.417 e. The van der Waals surface area contributed by atoms with Crippen LogP contribution in [0.25, 0.3) is 0 Å². The average molecular weight is 365 g/mol. The molecule has 0 unspecified atom stereocenters. The summed E-state index contributed by atoms with van der Waals surface area (Å²) in [5, 5.41) is 0. The van der Waals surface area contributed by atoms with Gasteiger partial charge in [-0.1, -0.05) is 18.2 Å². The van der Waals surface area contributed by atoms with Crippen LogP contribution in [0.3, 0.4) is 0 Å². The number of pyridine rings is 1. The molecule has 0 saturated carbocycles. The maximum Gasteiger partial charge on any atom is 0.417 e. The number of para-hydroxylation sites is 1. The fourth-order valence-electron chi connectivity index (χ4n) is 2.68. The van der Waals surface area contributed by atoms with Crippen molar-refractivity contribution in [1.82, 2.24) is 9.88 Å². The molecule has 26 heavy (non-hydrogen) atoms. The van der Waals surface area contributed by atoms with E-state index >= 15 is 0 Å². The van der Waals surface area contributed by atoms with Gasteiger partial charge in [0, 0.05) is 32.4 Å². The number of rotatable bonds is 4. The number of carbonyl (C=O) groups is 1. The fourth-order valence-corrected chi connectivity index (χ4v) is 2.68. The third-order valence-corrected chi connectivity index (χ3v) is 4.14. The zero-order valence-electron chi connectivity index (χ0n) is 13.9. The molecule has 1 amide bonds. The van der Waals surface area contributed by atoms with Gasteiger partial charge in [0.15, 0.2) is 6.61 Å². The highest BCUT2D eigenvalue weighted by Gasteiger charge is 2.31. The Hall–Kier alpha value is -2.77. The van der Waals surface area contributed by atoms with Crippen molar-refractivity contribution in [3.63, 3.8) is 0 Å². The monoisotopic (exact) mass is 365 g/mol. The first-order valence-electron chi connectivity index (χ1n) is 8.17. The van der Waals surface area contributed by atoms with E-state index in [2.05, 4.69) is 4.98 Å². The van der Waals surface area contributed by atoms with Gasteiger partial charge in [-0.2, -0.15) is 13.2 Å². The molecule has 3 rings (SSSR count). The molecule has 0 atom stereocenters. The predicted molar refractivity (Wildman–Crippen MR) is 90.0 cm³/mol. The molecular formula is C18H18F3N3O2. The lowest BCUT2D eigenvalue weighted by atomic mass is 10.2. The second-order valence-electron chi connectivity index (χ2n) is 5.87. The molecule has 0 aliphatic carbocycles. The number of alkyl halides is 3. The topological polar surface area (TPSA) is 45.7 Å². The van der Waals surface area contributed by atoms with E-state index in [0.29, 0.717) is 37.7 Å². The van der Waals surface area contributed by atoms with Crippen molar-refractivity contribution in [3.05, 3.63) is 54.2 Å². The van der Waals surface area contributed by atoms with Crippen molar-refractivity contribution in [2.45, 2.75) is 6.18 Å². The Kier molecular flexibility index (Phi) is 5.29. The van der Waals surface area contributed by atoms with Crippen LogP contribution in [0.1, 0.15) is 5.56 Å². The molecule has 1 aromatic heterocycles. The maximum atomic E-state index is 12.6. The van der Waals surface area contributed by atoms with E-state index in [4.69, 9.17) is 4.74 Å². The van der Waals surface area contributed by atoms with Crippen LogP contribution in [-0.2, 0) is 11.0 Å². The van der Waals surface area contributed by atoms with Gasteiger partial charge < -0.3 is 14.5 Å². The molecule has 1 aromatic carbocycles. The Labute approximate surface area is 149 Å². The number of aromatic nitrogens is 1. The van der Waals surface area contributed by atoms with Gasteiger partial charge in [0.25, 0.3) is 5.91 Å². The third-order valence-electron chi connectivity index (χ3n) is 4.14. The largest absolute Gasteiger partial charge is 0.484 e. The minimum atomic E-state index is -4.39. The van der Waals surface area contributed by atoms with E-state index in [1.54, 1.807) is 17.0 Å². The number of hydrogen-bond donors (Lipinski definition) is 0. The van der Waals surface area contributed by atoms with E-state index in [1.165, 1.54) is 6.07 Å². The first-order valence-corrected chi connectivity index (χ1v) is 8.17. The fraction of sp³-hybridized carbons (Fsp3) is 0.333. The number of benzene rings is 1. The van der Waals surface area contributed by atoms with Gasteiger partial charge in [-0.05, 0) is 24.3 Å². The van der Waals surface area contributed by atoms with E-state index in [-0.39, 0.29) is 12.5 Å². The summed E-state index contributed by atoms with van der Waals surface area (Å²) in [7, 11) is 0. The highest BCUT2D eigenvalue weighted by molar-refractivity contribution is 5.78. The van der Waals surface area contributed by atoms with Gasteiger partial charge in [-0.3, -0.25) is 4.79 Å². The van der Waals surface area contributed by atoms with Gasteiger partial charge in [-0.25, -0.2) is 4.98 Å². The van der Waals surface area contributed by atoms with Gasteiger partial charge in [0.1, 0.15) is 11.6 Å². The Morgan fingerprint density at radius 3 is 2.31 bits per heavy atom. The Morgan fingerprint density at radius 2 is 1.73 bits per heavy atom. The molecule has 8 heteroatoms. The summed E-state index contributed by atoms with van der Waals surface area (Å²) in [6, 6.07) is 11.5. The SMILES string of the molecule is O=C(COc1ccccc1)N1CCN(c2ccc(C(F)(F)F)cn2)CC1. The lowest BCUT2D eigenvalue weighted by Gasteiger charge is -2.35. The number of anilines is 1. The summed E-state index contributed by atoms with van der Waals surface area (Å²) in [4.78, 5) is 19.7. The Morgan fingerprint density at radius 1 is 1.04 bits per heavy atom. The normalized spacial score (nSPS) is 15.0. The molecule has 0 spiro atoms. The summed E-state index contributed by atoms with van der Waals surface area (Å²) >= 11 is 0. The molecule has 5 nitrogen and oxygen atoms in total. The van der Waals surface area contributed by atoms with Crippen LogP contribution in [0, 0.1) is 0 Å². The van der Waals surface area contributed by atoms with E-state index < -0.39 is 11.7 Å². The van der Waals surface area contributed by atoms with E-state index in [9.17, 15) is 18.0 Å². The minimum Gasteiger partial charge on any atom is -0.484 e. The highest BCUT2D eigenvalue weighted by Crippen LogP contribution is 2.29. The highest BCUT2D eigenvalue weighted by atomic mass is 19.4. The minimum absolute atomic E-state index is 0.0391. The van der Waals surface area contributed by atoms with Crippen LogP contribution >= 0.6 is 0 Å². The summed E-state index contributed by atoms with van der Waals surface area (Å²) in [6.07, 6.45) is -3.56. The molecule has 1 fully saturated rings. The van der Waals surface area contributed by atoms with E-state index in [1.807, 2.05) is 23.1 Å². The number of nitrogens with zero attached hydrogens (tertiary/aromatic N) is 3. The van der Waals surface area contributed by atoms with Crippen LogP contribution in [0.15, 0.2) is 48.7 Å². The van der Waals surface area contributed by atoms with Crippen LogP contribution in [-0.4, -0.2) is 48.6 Å². The lowest BCUT2D eigenvalue weighted by molar-refractivity contribution is -0.138. The second kappa shape index (κ2) is 7.63. The zero-order chi connectivity index (χ0) is 18.6. The Bertz CT molecular complexity index is 728. The maximum absolute atomic E-state index is 12.6. The number of ether oxygens (including phenoxy) is 1. The average Bonchev–Trinajstić information content (AvgIpc) is 2.66. The second-order valence-corrected chi connectivity index (χ2v) is 5.87. The summed E-state index contributed by atoms with van der Waals surface area (Å²) < 4.78 is 43.2. The number of halogens is 3. The van der Waals surface area contributed by atoms with Crippen LogP contribution < -0.4 is 9.64 Å². The van der Waals surface area contributed by atoms with Crippen molar-refractivity contribution in [2.24, 2.45) is 0 Å². The van der Waals surface area contributed by atoms with Crippen LogP contribution in [0.5, 0.6) is 5.75 Å². The summed E-state index contributed by atoms with van der Waals surface area (Å²) in [5.41, 5.74) is -0.770. The molecule has 2 aromatic rings. The number of piperazine rings is 1. The first-order chi connectivity index (χ1) is 12.4. The number of hydrogen-bond acceptors (Lipinski definition) is 4. The zero-order valence-corrected chi connectivity index (χ0v) is 13.9. The van der Waals surface area contributed by atoms with Crippen molar-refractivity contribution in [1.29, 1.82) is 0 Å². The lowest BCUT2D eigenvalue weighted by Crippen LogP contribution is -2.50. The summed E-state index contributed by atoms with van der Waals surface area (Å²) in [5.74, 6) is 0.993. The molecule has 138 valence electrons. The van der Waals surface area contributed by atoms with Crippen molar-refractivity contribution in [3.8, 4) is 5.75 Å². The molecule has 0 N–H and O–H groups in total. The quantitative estimate of drug-likeness (QED) is 0.836. The molecule has 1 saturated heterocycles. The molecule has 0 bridgehead atoms. The van der Waals surface area contributed by atoms with Crippen LogP contribution in [0.4, 0.5) is 19.0 Å². The summed E-state index contributed by atoms with van der Waals surface area (Å²) in [6.45, 7) is 1.92. The van der Waals surface area contributed by atoms with Gasteiger partial charge in [0.05, 0.1) is 5.56 Å². The number of carbonyl (C=O) groups excluding carboxylic acids is 1. The predicted octanol–water partition coefficient (Wildman–Crippen LogP) is 2.83. The Balaban J connectivity index is 1.50. The van der Waals surface area contributed by atoms with Gasteiger partial charge >= 0.3 is 6.18 Å². The van der Waals surface area contributed by atoms with E-state index in [0.717, 1.165) is 12.3 Å².